The van der Waals surface area contributed by atoms with Gasteiger partial charge in [0.25, 0.3) is 0 Å². The fraction of sp³-hybridized carbons (Fsp3) is 0.222. The normalized spacial score (nSPS) is 11.9. The number of aromatic hydroxyl groups is 1. The van der Waals surface area contributed by atoms with Gasteiger partial charge in [0.2, 0.25) is 5.78 Å². The molecule has 0 fully saturated rings. The van der Waals surface area contributed by atoms with Gasteiger partial charge in [-0.2, -0.15) is 8.78 Å². The zero-order chi connectivity index (χ0) is 18.6. The van der Waals surface area contributed by atoms with E-state index in [-0.39, 0.29) is 22.6 Å². The first-order chi connectivity index (χ1) is 11.8. The van der Waals surface area contributed by atoms with Gasteiger partial charge in [-0.05, 0) is 49.7 Å². The summed E-state index contributed by atoms with van der Waals surface area (Å²) in [7, 11) is 0. The number of halogens is 2. The molecule has 25 heavy (non-hydrogen) atoms. The monoisotopic (exact) mass is 350 g/mol. The Morgan fingerprint density at radius 2 is 1.72 bits per heavy atom. The van der Waals surface area contributed by atoms with E-state index in [0.717, 1.165) is 0 Å². The molecule has 0 heterocycles. The molecule has 0 radical (unpaired) electrons. The van der Waals surface area contributed by atoms with E-state index in [1.807, 2.05) is 0 Å². The molecule has 0 unspecified atom stereocenters. The standard InChI is InChI=1S/C18H16F2O5/c1-10-4-3-5-14(15(10)21)17(23)24-11(2)16(22)12-6-8-13(9-7-12)25-18(19)20/h3-9,11,18,21H,1-2H3/t11-/m0/s1. The summed E-state index contributed by atoms with van der Waals surface area (Å²) in [6, 6.07) is 9.64. The fourth-order valence-electron chi connectivity index (χ4n) is 2.14. The van der Waals surface area contributed by atoms with Gasteiger partial charge in [0.1, 0.15) is 17.1 Å². The van der Waals surface area contributed by atoms with Crippen molar-refractivity contribution in [3.63, 3.8) is 0 Å². The van der Waals surface area contributed by atoms with Crippen LogP contribution in [0, 0.1) is 6.92 Å². The van der Waals surface area contributed by atoms with E-state index in [9.17, 15) is 23.5 Å². The first kappa shape index (κ1) is 18.4. The van der Waals surface area contributed by atoms with Gasteiger partial charge < -0.3 is 14.6 Å². The number of hydrogen-bond acceptors (Lipinski definition) is 5. The lowest BCUT2D eigenvalue weighted by molar-refractivity contribution is -0.0498. The minimum absolute atomic E-state index is 0.0414. The number of Topliss-reactive ketones (excluding diaryl/α,β-unsaturated/α-hetero) is 1. The van der Waals surface area contributed by atoms with Crippen LogP contribution in [0.5, 0.6) is 11.5 Å². The Labute approximate surface area is 142 Å². The molecule has 0 aromatic heterocycles. The third-order valence-electron chi connectivity index (χ3n) is 3.47. The number of phenols is 1. The zero-order valence-corrected chi connectivity index (χ0v) is 13.5. The number of carbonyl (C=O) groups is 2. The second-order valence-electron chi connectivity index (χ2n) is 5.29. The van der Waals surface area contributed by atoms with Crippen molar-refractivity contribution in [2.75, 3.05) is 0 Å². The van der Waals surface area contributed by atoms with E-state index in [1.54, 1.807) is 19.1 Å². The van der Waals surface area contributed by atoms with Gasteiger partial charge >= 0.3 is 12.6 Å². The number of rotatable bonds is 6. The predicted octanol–water partition coefficient (Wildman–Crippen LogP) is 3.73. The second kappa shape index (κ2) is 7.74. The summed E-state index contributed by atoms with van der Waals surface area (Å²) < 4.78 is 33.5. The van der Waals surface area contributed by atoms with Crippen molar-refractivity contribution in [3.8, 4) is 11.5 Å². The van der Waals surface area contributed by atoms with Crippen LogP contribution in [-0.2, 0) is 4.74 Å². The molecule has 132 valence electrons. The molecule has 0 aliphatic carbocycles. The van der Waals surface area contributed by atoms with E-state index in [4.69, 9.17) is 4.74 Å². The fourth-order valence-corrected chi connectivity index (χ4v) is 2.14. The summed E-state index contributed by atoms with van der Waals surface area (Å²) in [5.74, 6) is -1.63. The molecule has 2 rings (SSSR count). The van der Waals surface area contributed by atoms with Gasteiger partial charge in [-0.25, -0.2) is 4.79 Å². The summed E-state index contributed by atoms with van der Waals surface area (Å²) in [5.41, 5.74) is 0.638. The molecule has 2 aromatic carbocycles. The highest BCUT2D eigenvalue weighted by Gasteiger charge is 2.22. The summed E-state index contributed by atoms with van der Waals surface area (Å²) >= 11 is 0. The van der Waals surface area contributed by atoms with Crippen molar-refractivity contribution in [2.24, 2.45) is 0 Å². The minimum Gasteiger partial charge on any atom is -0.507 e. The van der Waals surface area contributed by atoms with Crippen molar-refractivity contribution in [3.05, 3.63) is 59.2 Å². The van der Waals surface area contributed by atoms with Gasteiger partial charge in [0.05, 0.1) is 0 Å². The van der Waals surface area contributed by atoms with Crippen molar-refractivity contribution in [1.29, 1.82) is 0 Å². The Bertz CT molecular complexity index is 772. The highest BCUT2D eigenvalue weighted by molar-refractivity contribution is 6.02. The molecule has 0 bridgehead atoms. The van der Waals surface area contributed by atoms with Crippen LogP contribution in [0.1, 0.15) is 33.2 Å². The molecule has 0 spiro atoms. The summed E-state index contributed by atoms with van der Waals surface area (Å²) in [5, 5.41) is 9.88. The van der Waals surface area contributed by atoms with E-state index < -0.39 is 24.5 Å². The average molecular weight is 350 g/mol. The highest BCUT2D eigenvalue weighted by atomic mass is 19.3. The lowest BCUT2D eigenvalue weighted by atomic mass is 10.1. The number of hydrogen-bond donors (Lipinski definition) is 1. The number of ketones is 1. The number of carbonyl (C=O) groups excluding carboxylic acids is 2. The average Bonchev–Trinajstić information content (AvgIpc) is 2.56. The maximum absolute atomic E-state index is 12.3. The maximum Gasteiger partial charge on any atom is 0.387 e. The molecule has 7 heteroatoms. The number of para-hydroxylation sites is 1. The summed E-state index contributed by atoms with van der Waals surface area (Å²) in [6.07, 6.45) is -1.12. The van der Waals surface area contributed by atoms with E-state index in [0.29, 0.717) is 5.56 Å². The number of aryl methyl sites for hydroxylation is 1. The Hall–Kier alpha value is -2.96. The van der Waals surface area contributed by atoms with Gasteiger partial charge in [-0.1, -0.05) is 12.1 Å². The minimum atomic E-state index is -2.96. The van der Waals surface area contributed by atoms with E-state index in [2.05, 4.69) is 4.74 Å². The highest BCUT2D eigenvalue weighted by Crippen LogP contribution is 2.23. The van der Waals surface area contributed by atoms with E-state index >= 15 is 0 Å². The quantitative estimate of drug-likeness (QED) is 0.635. The smallest absolute Gasteiger partial charge is 0.387 e. The molecule has 0 aliphatic rings. The first-order valence-electron chi connectivity index (χ1n) is 7.38. The predicted molar refractivity (Wildman–Crippen MR) is 85.1 cm³/mol. The Morgan fingerprint density at radius 3 is 2.32 bits per heavy atom. The third-order valence-corrected chi connectivity index (χ3v) is 3.47. The Kier molecular flexibility index (Phi) is 5.69. The van der Waals surface area contributed by atoms with Gasteiger partial charge in [0, 0.05) is 5.56 Å². The molecule has 2 aromatic rings. The number of benzene rings is 2. The van der Waals surface area contributed by atoms with Crippen LogP contribution in [0.4, 0.5) is 8.78 Å². The molecule has 1 atom stereocenters. The Morgan fingerprint density at radius 1 is 1.08 bits per heavy atom. The van der Waals surface area contributed by atoms with Crippen LogP contribution in [0.25, 0.3) is 0 Å². The topological polar surface area (TPSA) is 72.8 Å². The van der Waals surface area contributed by atoms with E-state index in [1.165, 1.54) is 37.3 Å². The molecule has 0 saturated heterocycles. The molecule has 0 aliphatic heterocycles. The van der Waals surface area contributed by atoms with Crippen LogP contribution in [0.3, 0.4) is 0 Å². The van der Waals surface area contributed by atoms with Crippen molar-refractivity contribution >= 4 is 11.8 Å². The van der Waals surface area contributed by atoms with Crippen molar-refractivity contribution in [2.45, 2.75) is 26.6 Å². The van der Waals surface area contributed by atoms with Crippen molar-refractivity contribution < 1.29 is 33.0 Å². The molecule has 1 N–H and O–H groups in total. The lowest BCUT2D eigenvalue weighted by Crippen LogP contribution is -2.24. The number of esters is 1. The van der Waals surface area contributed by atoms with Crippen LogP contribution >= 0.6 is 0 Å². The van der Waals surface area contributed by atoms with Crippen LogP contribution in [0.2, 0.25) is 0 Å². The lowest BCUT2D eigenvalue weighted by Gasteiger charge is -2.14. The molecule has 0 amide bonds. The number of alkyl halides is 2. The third kappa shape index (κ3) is 4.53. The molecule has 0 saturated carbocycles. The van der Waals surface area contributed by atoms with Gasteiger partial charge in [-0.15, -0.1) is 0 Å². The van der Waals surface area contributed by atoms with Crippen LogP contribution < -0.4 is 4.74 Å². The van der Waals surface area contributed by atoms with Crippen molar-refractivity contribution in [1.82, 2.24) is 0 Å². The maximum atomic E-state index is 12.3. The number of phenolic OH excluding ortho intramolecular Hbond substituents is 1. The van der Waals surface area contributed by atoms with Gasteiger partial charge in [0.15, 0.2) is 6.10 Å². The SMILES string of the molecule is Cc1cccc(C(=O)O[C@@H](C)C(=O)c2ccc(OC(F)F)cc2)c1O. The first-order valence-corrected chi connectivity index (χ1v) is 7.38. The summed E-state index contributed by atoms with van der Waals surface area (Å²) in [4.78, 5) is 24.4. The zero-order valence-electron chi connectivity index (χ0n) is 13.5. The number of ether oxygens (including phenoxy) is 2. The van der Waals surface area contributed by atoms with Gasteiger partial charge in [-0.3, -0.25) is 4.79 Å². The largest absolute Gasteiger partial charge is 0.507 e. The summed E-state index contributed by atoms with van der Waals surface area (Å²) in [6.45, 7) is 0.0591. The second-order valence-corrected chi connectivity index (χ2v) is 5.29. The molecular formula is C18H16F2O5. The molecule has 5 nitrogen and oxygen atoms in total. The van der Waals surface area contributed by atoms with Crippen LogP contribution in [-0.4, -0.2) is 29.6 Å². The van der Waals surface area contributed by atoms with Crippen LogP contribution in [0.15, 0.2) is 42.5 Å². The molecular weight excluding hydrogens is 334 g/mol. The Balaban J connectivity index is 2.07.